The van der Waals surface area contributed by atoms with E-state index >= 15 is 0 Å². The molecule has 0 amide bonds. The maximum Gasteiger partial charge on any atom is 0.339 e. The Bertz CT molecular complexity index is 1260. The number of aromatic carboxylic acids is 2. The standard InChI is InChI=1S/C19H12O9S/c20-18(21)12-3-1-2-11-16(7-5-13(17(11)12)19(22)23)29(24,25)28-10-4-6-14-15(8-10)27-9-26-14/h1-8H,9H2,(H,20,21)(H,22,23). The summed E-state index contributed by atoms with van der Waals surface area (Å²) in [5, 5.41) is 18.5. The lowest BCUT2D eigenvalue weighted by Gasteiger charge is -2.13. The van der Waals surface area contributed by atoms with Gasteiger partial charge in [-0.25, -0.2) is 9.59 Å². The van der Waals surface area contributed by atoms with Crippen LogP contribution in [-0.4, -0.2) is 37.4 Å². The van der Waals surface area contributed by atoms with E-state index in [-0.39, 0.29) is 39.3 Å². The van der Waals surface area contributed by atoms with Gasteiger partial charge in [0.15, 0.2) is 11.5 Å². The highest BCUT2D eigenvalue weighted by atomic mass is 32.2. The Morgan fingerprint density at radius 3 is 2.31 bits per heavy atom. The van der Waals surface area contributed by atoms with Gasteiger partial charge in [-0.05, 0) is 30.3 Å². The van der Waals surface area contributed by atoms with E-state index < -0.39 is 22.1 Å². The molecule has 0 unspecified atom stereocenters. The lowest BCUT2D eigenvalue weighted by Crippen LogP contribution is -2.12. The van der Waals surface area contributed by atoms with Crippen LogP contribution in [0.2, 0.25) is 0 Å². The van der Waals surface area contributed by atoms with Crippen LogP contribution in [0.3, 0.4) is 0 Å². The average molecular weight is 416 g/mol. The van der Waals surface area contributed by atoms with Crippen LogP contribution < -0.4 is 13.7 Å². The summed E-state index contributed by atoms with van der Waals surface area (Å²) in [4.78, 5) is 22.7. The van der Waals surface area contributed by atoms with Gasteiger partial charge in [-0.3, -0.25) is 0 Å². The molecule has 0 saturated carbocycles. The minimum absolute atomic E-state index is 0.00475. The molecule has 3 aromatic carbocycles. The van der Waals surface area contributed by atoms with E-state index in [1.807, 2.05) is 0 Å². The third-order valence-corrected chi connectivity index (χ3v) is 5.59. The van der Waals surface area contributed by atoms with Gasteiger partial charge >= 0.3 is 22.1 Å². The predicted molar refractivity (Wildman–Crippen MR) is 98.2 cm³/mol. The van der Waals surface area contributed by atoms with Gasteiger partial charge in [0.25, 0.3) is 0 Å². The summed E-state index contributed by atoms with van der Waals surface area (Å²) in [7, 11) is -4.42. The van der Waals surface area contributed by atoms with Crippen LogP contribution in [0.25, 0.3) is 10.8 Å². The second-order valence-electron chi connectivity index (χ2n) is 6.00. The Labute approximate surface area is 163 Å². The summed E-state index contributed by atoms with van der Waals surface area (Å²) in [6, 6.07) is 10.2. The van der Waals surface area contributed by atoms with Crippen molar-refractivity contribution in [3.8, 4) is 17.2 Å². The van der Waals surface area contributed by atoms with Gasteiger partial charge in [0, 0.05) is 16.8 Å². The Balaban J connectivity index is 1.87. The predicted octanol–water partition coefficient (Wildman–Crippen LogP) is 2.73. The van der Waals surface area contributed by atoms with Crippen molar-refractivity contribution >= 4 is 32.8 Å². The molecule has 0 radical (unpaired) electrons. The SMILES string of the molecule is O=C(O)c1cccc2c(S(=O)(=O)Oc3ccc4c(c3)OCO4)ccc(C(=O)O)c12. The van der Waals surface area contributed by atoms with Gasteiger partial charge in [0.2, 0.25) is 6.79 Å². The Kier molecular flexibility index (Phi) is 4.27. The van der Waals surface area contributed by atoms with Crippen molar-refractivity contribution in [2.45, 2.75) is 4.90 Å². The van der Waals surface area contributed by atoms with Gasteiger partial charge in [-0.2, -0.15) is 8.42 Å². The lowest BCUT2D eigenvalue weighted by atomic mass is 9.99. The van der Waals surface area contributed by atoms with Crippen molar-refractivity contribution in [1.29, 1.82) is 0 Å². The minimum atomic E-state index is -4.42. The fraction of sp³-hybridized carbons (Fsp3) is 0.0526. The van der Waals surface area contributed by atoms with Crippen LogP contribution in [0.1, 0.15) is 20.7 Å². The molecule has 1 aliphatic rings. The van der Waals surface area contributed by atoms with Crippen LogP contribution >= 0.6 is 0 Å². The van der Waals surface area contributed by atoms with Crippen LogP contribution in [0, 0.1) is 0 Å². The van der Waals surface area contributed by atoms with Crippen molar-refractivity contribution in [2.24, 2.45) is 0 Å². The highest BCUT2D eigenvalue weighted by Gasteiger charge is 2.26. The van der Waals surface area contributed by atoms with Gasteiger partial charge in [0.1, 0.15) is 10.6 Å². The third-order valence-electron chi connectivity index (χ3n) is 4.28. The zero-order chi connectivity index (χ0) is 20.8. The number of carboxylic acids is 2. The second kappa shape index (κ2) is 6.67. The van der Waals surface area contributed by atoms with Gasteiger partial charge in [-0.1, -0.05) is 12.1 Å². The molecule has 3 aromatic rings. The van der Waals surface area contributed by atoms with Gasteiger partial charge in [0.05, 0.1) is 11.1 Å². The van der Waals surface area contributed by atoms with Crippen LogP contribution in [0.15, 0.2) is 53.4 Å². The lowest BCUT2D eigenvalue weighted by molar-refractivity contribution is 0.0695. The maximum absolute atomic E-state index is 12.9. The Morgan fingerprint density at radius 1 is 0.897 bits per heavy atom. The van der Waals surface area contributed by atoms with E-state index in [0.717, 1.165) is 12.1 Å². The average Bonchev–Trinajstić information content (AvgIpc) is 3.13. The summed E-state index contributed by atoms with van der Waals surface area (Å²) in [6.45, 7) is 0.00475. The van der Waals surface area contributed by atoms with E-state index in [2.05, 4.69) is 0 Å². The molecule has 0 fully saturated rings. The van der Waals surface area contributed by atoms with Crippen LogP contribution in [0.5, 0.6) is 17.2 Å². The smallest absolute Gasteiger partial charge is 0.339 e. The fourth-order valence-corrected chi connectivity index (χ4v) is 4.18. The van der Waals surface area contributed by atoms with Crippen molar-refractivity contribution in [3.63, 3.8) is 0 Å². The quantitative estimate of drug-likeness (QED) is 0.602. The third kappa shape index (κ3) is 3.19. The molecule has 29 heavy (non-hydrogen) atoms. The van der Waals surface area contributed by atoms with E-state index in [1.54, 1.807) is 0 Å². The highest BCUT2D eigenvalue weighted by Crippen LogP contribution is 2.37. The summed E-state index contributed by atoms with van der Waals surface area (Å²) < 4.78 is 41.3. The van der Waals surface area contributed by atoms with Crippen molar-refractivity contribution in [2.75, 3.05) is 6.79 Å². The molecule has 0 aliphatic carbocycles. The molecule has 9 nitrogen and oxygen atoms in total. The molecular formula is C19H12O9S. The van der Waals surface area contributed by atoms with Crippen LogP contribution in [-0.2, 0) is 10.1 Å². The highest BCUT2D eigenvalue weighted by molar-refractivity contribution is 7.87. The molecule has 0 aromatic heterocycles. The summed E-state index contributed by atoms with van der Waals surface area (Å²) in [5.41, 5.74) is -0.667. The molecule has 2 N–H and O–H groups in total. The van der Waals surface area contributed by atoms with Crippen molar-refractivity contribution in [1.82, 2.24) is 0 Å². The second-order valence-corrected chi connectivity index (χ2v) is 7.52. The first-order valence-electron chi connectivity index (χ1n) is 8.14. The number of carbonyl (C=O) groups is 2. The van der Waals surface area contributed by atoms with Crippen molar-refractivity contribution < 1.29 is 41.9 Å². The Hall–Kier alpha value is -3.79. The molecule has 1 aliphatic heterocycles. The first kappa shape index (κ1) is 18.6. The molecule has 0 saturated heterocycles. The molecule has 4 rings (SSSR count). The normalized spacial score (nSPS) is 12.7. The molecule has 0 spiro atoms. The number of rotatable bonds is 5. The van der Waals surface area contributed by atoms with Crippen molar-refractivity contribution in [3.05, 3.63) is 59.7 Å². The number of benzene rings is 3. The first-order valence-corrected chi connectivity index (χ1v) is 9.55. The molecule has 0 bridgehead atoms. The fourth-order valence-electron chi connectivity index (χ4n) is 3.05. The number of carboxylic acid groups (broad SMARTS) is 2. The van der Waals surface area contributed by atoms with Crippen LogP contribution in [0.4, 0.5) is 0 Å². The topological polar surface area (TPSA) is 136 Å². The first-order chi connectivity index (χ1) is 13.8. The Morgan fingerprint density at radius 2 is 1.59 bits per heavy atom. The zero-order valence-electron chi connectivity index (χ0n) is 14.5. The zero-order valence-corrected chi connectivity index (χ0v) is 15.3. The monoisotopic (exact) mass is 416 g/mol. The van der Waals surface area contributed by atoms with E-state index in [9.17, 15) is 28.2 Å². The van der Waals surface area contributed by atoms with E-state index in [4.69, 9.17) is 13.7 Å². The number of fused-ring (bicyclic) bond motifs is 2. The van der Waals surface area contributed by atoms with Gasteiger partial charge < -0.3 is 23.9 Å². The molecule has 0 atom stereocenters. The molecule has 1 heterocycles. The summed E-state index contributed by atoms with van der Waals surface area (Å²) in [5.74, 6) is -2.05. The summed E-state index contributed by atoms with van der Waals surface area (Å²) in [6.07, 6.45) is 0. The molecule has 10 heteroatoms. The minimum Gasteiger partial charge on any atom is -0.478 e. The maximum atomic E-state index is 12.9. The number of hydrogen-bond acceptors (Lipinski definition) is 7. The largest absolute Gasteiger partial charge is 0.478 e. The number of hydrogen-bond donors (Lipinski definition) is 2. The van der Waals surface area contributed by atoms with Gasteiger partial charge in [-0.15, -0.1) is 0 Å². The molecular weight excluding hydrogens is 404 g/mol. The van der Waals surface area contributed by atoms with E-state index in [1.165, 1.54) is 36.4 Å². The van der Waals surface area contributed by atoms with E-state index in [0.29, 0.717) is 11.5 Å². The number of ether oxygens (including phenoxy) is 2. The molecule has 148 valence electrons. The summed E-state index contributed by atoms with van der Waals surface area (Å²) >= 11 is 0.